The van der Waals surface area contributed by atoms with Crippen LogP contribution in [0.1, 0.15) is 51.4 Å². The number of carboxylic acid groups (broad SMARTS) is 1. The minimum Gasteiger partial charge on any atom is -0.481 e. The first-order valence-corrected chi connectivity index (χ1v) is 6.44. The smallest absolute Gasteiger partial charge is 0.315 e. The predicted octanol–water partition coefficient (Wildman–Crippen LogP) is 1.87. The van der Waals surface area contributed by atoms with Crippen molar-refractivity contribution in [3.05, 3.63) is 0 Å². The maximum absolute atomic E-state index is 11.3. The van der Waals surface area contributed by atoms with Crippen LogP contribution in [0, 0.1) is 0 Å². The SMILES string of the molecule is O=C(O)CCCCCCNC(=O)NC1CCC1. The molecule has 0 aromatic rings. The quantitative estimate of drug-likeness (QED) is 0.568. The molecule has 1 rings (SSSR count). The van der Waals surface area contributed by atoms with Gasteiger partial charge in [-0.2, -0.15) is 0 Å². The molecule has 17 heavy (non-hydrogen) atoms. The van der Waals surface area contributed by atoms with Gasteiger partial charge in [-0.15, -0.1) is 0 Å². The lowest BCUT2D eigenvalue weighted by molar-refractivity contribution is -0.137. The number of carboxylic acids is 1. The molecule has 0 heterocycles. The lowest BCUT2D eigenvalue weighted by Crippen LogP contribution is -2.45. The summed E-state index contributed by atoms with van der Waals surface area (Å²) in [6.45, 7) is 0.672. The summed E-state index contributed by atoms with van der Waals surface area (Å²) in [6, 6.07) is 0.311. The highest BCUT2D eigenvalue weighted by Crippen LogP contribution is 2.17. The third kappa shape index (κ3) is 6.81. The fourth-order valence-electron chi connectivity index (χ4n) is 1.75. The molecule has 98 valence electrons. The normalized spacial score (nSPS) is 15.1. The van der Waals surface area contributed by atoms with Crippen molar-refractivity contribution in [2.75, 3.05) is 6.54 Å². The van der Waals surface area contributed by atoms with Gasteiger partial charge in [0.25, 0.3) is 0 Å². The summed E-state index contributed by atoms with van der Waals surface area (Å²) >= 11 is 0. The molecule has 1 aliphatic rings. The van der Waals surface area contributed by atoms with E-state index in [4.69, 9.17) is 5.11 Å². The van der Waals surface area contributed by atoms with E-state index in [2.05, 4.69) is 10.6 Å². The molecule has 3 N–H and O–H groups in total. The molecule has 1 saturated carbocycles. The van der Waals surface area contributed by atoms with Crippen molar-refractivity contribution in [2.45, 2.75) is 57.4 Å². The number of nitrogens with one attached hydrogen (secondary N) is 2. The van der Waals surface area contributed by atoms with Gasteiger partial charge < -0.3 is 15.7 Å². The molecular weight excluding hydrogens is 220 g/mol. The Morgan fingerprint density at radius 3 is 2.41 bits per heavy atom. The first-order valence-electron chi connectivity index (χ1n) is 6.44. The van der Waals surface area contributed by atoms with Gasteiger partial charge in [0, 0.05) is 19.0 Å². The number of hydrogen-bond acceptors (Lipinski definition) is 2. The number of aliphatic carboxylic acids is 1. The zero-order valence-corrected chi connectivity index (χ0v) is 10.2. The fraction of sp³-hybridized carbons (Fsp3) is 0.833. The number of urea groups is 1. The van der Waals surface area contributed by atoms with E-state index >= 15 is 0 Å². The fourth-order valence-corrected chi connectivity index (χ4v) is 1.75. The Labute approximate surface area is 102 Å². The van der Waals surface area contributed by atoms with Crippen LogP contribution >= 0.6 is 0 Å². The van der Waals surface area contributed by atoms with Crippen molar-refractivity contribution in [2.24, 2.45) is 0 Å². The van der Waals surface area contributed by atoms with Crippen LogP contribution in [0.3, 0.4) is 0 Å². The first kappa shape index (κ1) is 13.8. The van der Waals surface area contributed by atoms with Crippen molar-refractivity contribution >= 4 is 12.0 Å². The van der Waals surface area contributed by atoms with Crippen LogP contribution in [0.2, 0.25) is 0 Å². The Hall–Kier alpha value is -1.26. The topological polar surface area (TPSA) is 78.4 Å². The van der Waals surface area contributed by atoms with Gasteiger partial charge in [-0.3, -0.25) is 4.79 Å². The maximum Gasteiger partial charge on any atom is 0.315 e. The summed E-state index contributed by atoms with van der Waals surface area (Å²) in [5.74, 6) is -0.733. The summed E-state index contributed by atoms with van der Waals surface area (Å²) in [7, 11) is 0. The Morgan fingerprint density at radius 1 is 1.12 bits per heavy atom. The van der Waals surface area contributed by atoms with Crippen LogP contribution in [-0.4, -0.2) is 29.7 Å². The highest BCUT2D eigenvalue weighted by Gasteiger charge is 2.18. The van der Waals surface area contributed by atoms with E-state index in [-0.39, 0.29) is 12.5 Å². The third-order valence-corrected chi connectivity index (χ3v) is 3.04. The second-order valence-electron chi connectivity index (χ2n) is 4.59. The zero-order chi connectivity index (χ0) is 12.5. The van der Waals surface area contributed by atoms with Crippen LogP contribution in [-0.2, 0) is 4.79 Å². The Kier molecular flexibility index (Phi) is 6.43. The van der Waals surface area contributed by atoms with Crippen LogP contribution in [0.25, 0.3) is 0 Å². The maximum atomic E-state index is 11.3. The molecule has 0 aromatic carbocycles. The molecule has 0 spiro atoms. The van der Waals surface area contributed by atoms with Gasteiger partial charge in [0.15, 0.2) is 0 Å². The van der Waals surface area contributed by atoms with Crippen molar-refractivity contribution in [1.29, 1.82) is 0 Å². The molecule has 5 nitrogen and oxygen atoms in total. The van der Waals surface area contributed by atoms with Gasteiger partial charge in [0.1, 0.15) is 0 Å². The van der Waals surface area contributed by atoms with Gasteiger partial charge >= 0.3 is 12.0 Å². The van der Waals surface area contributed by atoms with Gasteiger partial charge in [0.2, 0.25) is 0 Å². The predicted molar refractivity (Wildman–Crippen MR) is 64.9 cm³/mol. The standard InChI is InChI=1S/C12H22N2O3/c15-11(16)8-3-1-2-4-9-13-12(17)14-10-6-5-7-10/h10H,1-9H2,(H,15,16)(H2,13,14,17). The summed E-state index contributed by atoms with van der Waals surface area (Å²) in [5, 5.41) is 14.2. The molecule has 0 saturated heterocycles. The first-order chi connectivity index (χ1) is 8.18. The molecular formula is C12H22N2O3. The second kappa shape index (κ2) is 7.92. The molecule has 1 fully saturated rings. The summed E-state index contributed by atoms with van der Waals surface area (Å²) in [5.41, 5.74) is 0. The summed E-state index contributed by atoms with van der Waals surface area (Å²) in [6.07, 6.45) is 7.19. The molecule has 1 aliphatic carbocycles. The number of hydrogen-bond donors (Lipinski definition) is 3. The van der Waals surface area contributed by atoms with Gasteiger partial charge in [0.05, 0.1) is 0 Å². The zero-order valence-electron chi connectivity index (χ0n) is 10.2. The summed E-state index contributed by atoms with van der Waals surface area (Å²) in [4.78, 5) is 21.6. The van der Waals surface area contributed by atoms with Crippen LogP contribution in [0.4, 0.5) is 4.79 Å². The average Bonchev–Trinajstić information content (AvgIpc) is 2.22. The van der Waals surface area contributed by atoms with E-state index in [0.29, 0.717) is 12.6 Å². The Morgan fingerprint density at radius 2 is 1.82 bits per heavy atom. The molecule has 0 aliphatic heterocycles. The number of rotatable bonds is 8. The van der Waals surface area contributed by atoms with E-state index in [0.717, 1.165) is 38.5 Å². The molecule has 0 radical (unpaired) electrons. The molecule has 0 bridgehead atoms. The van der Waals surface area contributed by atoms with E-state index in [1.807, 2.05) is 0 Å². The van der Waals surface area contributed by atoms with Gasteiger partial charge in [-0.1, -0.05) is 12.8 Å². The third-order valence-electron chi connectivity index (χ3n) is 3.04. The van der Waals surface area contributed by atoms with E-state index in [9.17, 15) is 9.59 Å². The minimum atomic E-state index is -0.733. The molecule has 0 unspecified atom stereocenters. The Balaban J connectivity index is 1.82. The number of carbonyl (C=O) groups is 2. The molecule has 2 amide bonds. The van der Waals surface area contributed by atoms with Gasteiger partial charge in [-0.05, 0) is 32.1 Å². The van der Waals surface area contributed by atoms with Crippen molar-refractivity contribution in [1.82, 2.24) is 10.6 Å². The van der Waals surface area contributed by atoms with E-state index in [1.54, 1.807) is 0 Å². The average molecular weight is 242 g/mol. The largest absolute Gasteiger partial charge is 0.481 e. The van der Waals surface area contributed by atoms with Crippen LogP contribution in [0.15, 0.2) is 0 Å². The monoisotopic (exact) mass is 242 g/mol. The Bertz CT molecular complexity index is 252. The lowest BCUT2D eigenvalue weighted by atomic mass is 9.93. The molecule has 0 aromatic heterocycles. The van der Waals surface area contributed by atoms with E-state index in [1.165, 1.54) is 6.42 Å². The lowest BCUT2D eigenvalue weighted by Gasteiger charge is -2.26. The van der Waals surface area contributed by atoms with Crippen LogP contribution in [0.5, 0.6) is 0 Å². The molecule has 5 heteroatoms. The van der Waals surface area contributed by atoms with Crippen molar-refractivity contribution < 1.29 is 14.7 Å². The second-order valence-corrected chi connectivity index (χ2v) is 4.59. The van der Waals surface area contributed by atoms with Gasteiger partial charge in [-0.25, -0.2) is 4.79 Å². The minimum absolute atomic E-state index is 0.0692. The van der Waals surface area contributed by atoms with E-state index < -0.39 is 5.97 Å². The van der Waals surface area contributed by atoms with Crippen LogP contribution < -0.4 is 10.6 Å². The number of unbranched alkanes of at least 4 members (excludes halogenated alkanes) is 3. The number of amides is 2. The highest BCUT2D eigenvalue weighted by molar-refractivity contribution is 5.74. The highest BCUT2D eigenvalue weighted by atomic mass is 16.4. The molecule has 0 atom stereocenters. The van der Waals surface area contributed by atoms with Crippen molar-refractivity contribution in [3.8, 4) is 0 Å². The van der Waals surface area contributed by atoms with Crippen molar-refractivity contribution in [3.63, 3.8) is 0 Å². The summed E-state index contributed by atoms with van der Waals surface area (Å²) < 4.78 is 0. The number of carbonyl (C=O) groups excluding carboxylic acids is 1.